The van der Waals surface area contributed by atoms with Crippen LogP contribution in [-0.2, 0) is 9.59 Å². The van der Waals surface area contributed by atoms with E-state index in [-0.39, 0.29) is 36.5 Å². The van der Waals surface area contributed by atoms with Gasteiger partial charge in [0.25, 0.3) is 0 Å². The van der Waals surface area contributed by atoms with Crippen LogP contribution < -0.4 is 11.1 Å². The van der Waals surface area contributed by atoms with Gasteiger partial charge in [-0.25, -0.2) is 0 Å². The highest BCUT2D eigenvalue weighted by Crippen LogP contribution is 2.28. The van der Waals surface area contributed by atoms with Gasteiger partial charge in [-0.15, -0.1) is 0 Å². The standard InChI is InChI=1S/C15H20ClN3O2/c1-3-12-15(21)18-13(20)8-19(12)14(9(2)17)10-4-6-11(16)7-5-10/h4-7,9,12,14H,3,8,17H2,1-2H3,(H,18,20,21). The van der Waals surface area contributed by atoms with Crippen LogP contribution in [0.3, 0.4) is 0 Å². The lowest BCUT2D eigenvalue weighted by Gasteiger charge is -2.41. The number of nitrogens with one attached hydrogen (secondary N) is 1. The Balaban J connectivity index is 2.37. The van der Waals surface area contributed by atoms with Crippen LogP contribution in [-0.4, -0.2) is 35.3 Å². The number of benzene rings is 1. The average Bonchev–Trinajstić information content (AvgIpc) is 2.40. The molecule has 1 heterocycles. The number of nitrogens with zero attached hydrogens (tertiary/aromatic N) is 1. The van der Waals surface area contributed by atoms with Crippen LogP contribution in [0.2, 0.25) is 5.02 Å². The maximum atomic E-state index is 12.0. The Morgan fingerprint density at radius 1 is 1.38 bits per heavy atom. The van der Waals surface area contributed by atoms with Gasteiger partial charge in [-0.2, -0.15) is 0 Å². The van der Waals surface area contributed by atoms with E-state index in [4.69, 9.17) is 17.3 Å². The Morgan fingerprint density at radius 3 is 2.52 bits per heavy atom. The van der Waals surface area contributed by atoms with Crippen molar-refractivity contribution in [2.45, 2.75) is 38.4 Å². The molecule has 2 rings (SSSR count). The second kappa shape index (κ2) is 6.56. The highest BCUT2D eigenvalue weighted by molar-refractivity contribution is 6.30. The number of halogens is 1. The first-order chi connectivity index (χ1) is 9.93. The number of rotatable bonds is 4. The molecule has 1 aliphatic heterocycles. The molecule has 1 fully saturated rings. The number of imide groups is 1. The van der Waals surface area contributed by atoms with Crippen LogP contribution in [0, 0.1) is 0 Å². The molecular weight excluding hydrogens is 290 g/mol. The van der Waals surface area contributed by atoms with Crippen LogP contribution in [0.5, 0.6) is 0 Å². The molecule has 3 unspecified atom stereocenters. The summed E-state index contributed by atoms with van der Waals surface area (Å²) in [4.78, 5) is 25.6. The Labute approximate surface area is 129 Å². The van der Waals surface area contributed by atoms with Gasteiger partial charge in [0.2, 0.25) is 11.8 Å². The number of hydrogen-bond donors (Lipinski definition) is 2. The zero-order valence-electron chi connectivity index (χ0n) is 12.2. The summed E-state index contributed by atoms with van der Waals surface area (Å²) in [7, 11) is 0. The molecule has 114 valence electrons. The van der Waals surface area contributed by atoms with Crippen LogP contribution in [0.4, 0.5) is 0 Å². The molecule has 1 aromatic carbocycles. The number of carbonyl (C=O) groups is 2. The Morgan fingerprint density at radius 2 is 2.00 bits per heavy atom. The topological polar surface area (TPSA) is 75.4 Å². The van der Waals surface area contributed by atoms with E-state index in [1.54, 1.807) is 12.1 Å². The van der Waals surface area contributed by atoms with Crippen LogP contribution in [0.15, 0.2) is 24.3 Å². The van der Waals surface area contributed by atoms with Gasteiger partial charge in [0.1, 0.15) is 0 Å². The second-order valence-corrected chi connectivity index (χ2v) is 5.80. The lowest BCUT2D eigenvalue weighted by Crippen LogP contribution is -2.60. The second-order valence-electron chi connectivity index (χ2n) is 5.36. The molecule has 0 aromatic heterocycles. The first kappa shape index (κ1) is 15.9. The molecule has 0 saturated carbocycles. The van der Waals surface area contributed by atoms with Gasteiger partial charge in [-0.3, -0.25) is 19.8 Å². The van der Waals surface area contributed by atoms with Gasteiger partial charge in [0.15, 0.2) is 0 Å². The van der Waals surface area contributed by atoms with E-state index < -0.39 is 0 Å². The number of nitrogens with two attached hydrogens (primary N) is 1. The van der Waals surface area contributed by atoms with Crippen molar-refractivity contribution in [3.8, 4) is 0 Å². The van der Waals surface area contributed by atoms with Gasteiger partial charge in [0, 0.05) is 11.1 Å². The van der Waals surface area contributed by atoms with Crippen molar-refractivity contribution in [3.05, 3.63) is 34.9 Å². The van der Waals surface area contributed by atoms with Crippen molar-refractivity contribution in [3.63, 3.8) is 0 Å². The van der Waals surface area contributed by atoms with E-state index in [9.17, 15) is 9.59 Å². The Bertz CT molecular complexity index is 530. The number of carbonyl (C=O) groups excluding carboxylic acids is 2. The van der Waals surface area contributed by atoms with E-state index in [0.29, 0.717) is 11.4 Å². The summed E-state index contributed by atoms with van der Waals surface area (Å²) in [6.45, 7) is 3.97. The molecular formula is C15H20ClN3O2. The van der Waals surface area contributed by atoms with Crippen molar-refractivity contribution in [1.29, 1.82) is 0 Å². The van der Waals surface area contributed by atoms with Gasteiger partial charge in [-0.05, 0) is 31.0 Å². The monoisotopic (exact) mass is 309 g/mol. The normalized spacial score (nSPS) is 22.8. The molecule has 2 amide bonds. The zero-order valence-corrected chi connectivity index (χ0v) is 12.9. The van der Waals surface area contributed by atoms with E-state index >= 15 is 0 Å². The van der Waals surface area contributed by atoms with E-state index in [1.165, 1.54) is 0 Å². The summed E-state index contributed by atoms with van der Waals surface area (Å²) in [5, 5.41) is 3.02. The third kappa shape index (κ3) is 3.43. The SMILES string of the molecule is CCC1C(=O)NC(=O)CN1C(c1ccc(Cl)cc1)C(C)N. The minimum Gasteiger partial charge on any atom is -0.326 e. The summed E-state index contributed by atoms with van der Waals surface area (Å²) in [5.74, 6) is -0.544. The van der Waals surface area contributed by atoms with Gasteiger partial charge < -0.3 is 5.73 Å². The summed E-state index contributed by atoms with van der Waals surface area (Å²) in [5.41, 5.74) is 7.08. The van der Waals surface area contributed by atoms with Crippen molar-refractivity contribution < 1.29 is 9.59 Å². The minimum atomic E-state index is -0.352. The summed E-state index contributed by atoms with van der Waals surface area (Å²) >= 11 is 5.92. The number of piperazine rings is 1. The van der Waals surface area contributed by atoms with Gasteiger partial charge in [0.05, 0.1) is 18.6 Å². The average molecular weight is 310 g/mol. The van der Waals surface area contributed by atoms with Crippen LogP contribution >= 0.6 is 11.6 Å². The van der Waals surface area contributed by atoms with Crippen LogP contribution in [0.25, 0.3) is 0 Å². The first-order valence-electron chi connectivity index (χ1n) is 7.04. The third-order valence-corrected chi connectivity index (χ3v) is 4.00. The predicted octanol–water partition coefficient (Wildman–Crippen LogP) is 1.47. The van der Waals surface area contributed by atoms with Crippen molar-refractivity contribution in [1.82, 2.24) is 10.2 Å². The summed E-state index contributed by atoms with van der Waals surface area (Å²) < 4.78 is 0. The summed E-state index contributed by atoms with van der Waals surface area (Å²) in [6.07, 6.45) is 0.621. The predicted molar refractivity (Wildman–Crippen MR) is 81.8 cm³/mol. The molecule has 21 heavy (non-hydrogen) atoms. The fourth-order valence-electron chi connectivity index (χ4n) is 2.86. The lowest BCUT2D eigenvalue weighted by atomic mass is 9.95. The first-order valence-corrected chi connectivity index (χ1v) is 7.42. The number of hydrogen-bond acceptors (Lipinski definition) is 4. The molecule has 3 N–H and O–H groups in total. The quantitative estimate of drug-likeness (QED) is 0.826. The van der Waals surface area contributed by atoms with E-state index in [0.717, 1.165) is 5.56 Å². The smallest absolute Gasteiger partial charge is 0.243 e. The molecule has 0 aliphatic carbocycles. The molecule has 0 bridgehead atoms. The van der Waals surface area contributed by atoms with Gasteiger partial charge in [-0.1, -0.05) is 30.7 Å². The van der Waals surface area contributed by atoms with Gasteiger partial charge >= 0.3 is 0 Å². The highest BCUT2D eigenvalue weighted by atomic mass is 35.5. The molecule has 1 saturated heterocycles. The largest absolute Gasteiger partial charge is 0.326 e. The lowest BCUT2D eigenvalue weighted by molar-refractivity contribution is -0.142. The molecule has 5 nitrogen and oxygen atoms in total. The Kier molecular flexibility index (Phi) is 4.98. The highest BCUT2D eigenvalue weighted by Gasteiger charge is 2.38. The molecule has 3 atom stereocenters. The summed E-state index contributed by atoms with van der Waals surface area (Å²) in [6, 6.07) is 6.58. The molecule has 1 aromatic rings. The maximum Gasteiger partial charge on any atom is 0.243 e. The molecule has 1 aliphatic rings. The van der Waals surface area contributed by atoms with Crippen LogP contribution in [0.1, 0.15) is 31.9 Å². The Hall–Kier alpha value is -1.43. The zero-order chi connectivity index (χ0) is 15.6. The van der Waals surface area contributed by atoms with E-state index in [2.05, 4.69) is 5.32 Å². The maximum absolute atomic E-state index is 12.0. The third-order valence-electron chi connectivity index (χ3n) is 3.75. The fourth-order valence-corrected chi connectivity index (χ4v) is 2.98. The fraction of sp³-hybridized carbons (Fsp3) is 0.467. The van der Waals surface area contributed by atoms with Crippen molar-refractivity contribution in [2.75, 3.05) is 6.54 Å². The van der Waals surface area contributed by atoms with Crippen molar-refractivity contribution in [2.24, 2.45) is 5.73 Å². The molecule has 6 heteroatoms. The minimum absolute atomic E-state index is 0.166. The van der Waals surface area contributed by atoms with Crippen molar-refractivity contribution >= 4 is 23.4 Å². The molecule has 0 spiro atoms. The number of amides is 2. The van der Waals surface area contributed by atoms with E-state index in [1.807, 2.05) is 30.9 Å². The molecule has 0 radical (unpaired) electrons.